The second kappa shape index (κ2) is 6.97. The number of nitrogens with zero attached hydrogens (tertiary/aromatic N) is 3. The van der Waals surface area contributed by atoms with Crippen LogP contribution < -0.4 is 9.47 Å². The van der Waals surface area contributed by atoms with Gasteiger partial charge in [0.1, 0.15) is 0 Å². The molecule has 0 radical (unpaired) electrons. The molecule has 3 heterocycles. The van der Waals surface area contributed by atoms with Crippen LogP contribution in [0.3, 0.4) is 0 Å². The monoisotopic (exact) mass is 357 g/mol. The molecule has 4 rings (SSSR count). The number of carbonyl (C=O) groups excluding carboxylic acids is 1. The third kappa shape index (κ3) is 3.38. The van der Waals surface area contributed by atoms with Crippen LogP contribution in [-0.2, 0) is 6.42 Å². The van der Waals surface area contributed by atoms with E-state index < -0.39 is 0 Å². The maximum absolute atomic E-state index is 12.7. The van der Waals surface area contributed by atoms with E-state index >= 15 is 0 Å². The van der Waals surface area contributed by atoms with Crippen LogP contribution in [0.4, 0.5) is 0 Å². The van der Waals surface area contributed by atoms with E-state index in [-0.39, 0.29) is 18.6 Å². The fourth-order valence-corrected chi connectivity index (χ4v) is 3.38. The molecule has 1 aromatic heterocycles. The van der Waals surface area contributed by atoms with Gasteiger partial charge in [0.2, 0.25) is 12.7 Å². The quantitative estimate of drug-likeness (QED) is 0.837. The number of hydrogen-bond donors (Lipinski definition) is 0. The molecule has 1 fully saturated rings. The molecule has 0 aliphatic carbocycles. The summed E-state index contributed by atoms with van der Waals surface area (Å²) in [5.41, 5.74) is 0.645. The molecule has 2 aromatic rings. The van der Waals surface area contributed by atoms with E-state index in [9.17, 15) is 4.79 Å². The number of rotatable bonds is 4. The van der Waals surface area contributed by atoms with Crippen LogP contribution in [0.15, 0.2) is 22.7 Å². The van der Waals surface area contributed by atoms with Crippen LogP contribution in [0.1, 0.15) is 54.7 Å². The van der Waals surface area contributed by atoms with E-state index in [2.05, 4.69) is 24.0 Å². The summed E-state index contributed by atoms with van der Waals surface area (Å²) < 4.78 is 16.0. The topological polar surface area (TPSA) is 77.7 Å². The Balaban J connectivity index is 1.33. The average Bonchev–Trinajstić information content (AvgIpc) is 3.30. The maximum Gasteiger partial charge on any atom is 0.253 e. The summed E-state index contributed by atoms with van der Waals surface area (Å²) in [6, 6.07) is 5.36. The van der Waals surface area contributed by atoms with Gasteiger partial charge in [0, 0.05) is 31.0 Å². The normalized spacial score (nSPS) is 17.1. The van der Waals surface area contributed by atoms with Crippen molar-refractivity contribution in [3.63, 3.8) is 0 Å². The van der Waals surface area contributed by atoms with Crippen molar-refractivity contribution in [2.24, 2.45) is 5.92 Å². The lowest BCUT2D eigenvalue weighted by molar-refractivity contribution is 0.0687. The van der Waals surface area contributed by atoms with Crippen LogP contribution >= 0.6 is 0 Å². The lowest BCUT2D eigenvalue weighted by Crippen LogP contribution is -2.38. The Hall–Kier alpha value is -2.57. The summed E-state index contributed by atoms with van der Waals surface area (Å²) in [4.78, 5) is 19.1. The second-order valence-electron chi connectivity index (χ2n) is 7.21. The molecule has 2 aliphatic rings. The zero-order chi connectivity index (χ0) is 18.1. The highest BCUT2D eigenvalue weighted by Gasteiger charge is 2.26. The number of amides is 1. The maximum atomic E-state index is 12.7. The van der Waals surface area contributed by atoms with Crippen molar-refractivity contribution in [3.05, 3.63) is 35.5 Å². The Labute approximate surface area is 152 Å². The van der Waals surface area contributed by atoms with Gasteiger partial charge in [-0.05, 0) is 37.0 Å². The van der Waals surface area contributed by atoms with Gasteiger partial charge in [-0.15, -0.1) is 0 Å². The first-order valence-corrected chi connectivity index (χ1v) is 9.11. The van der Waals surface area contributed by atoms with E-state index in [1.54, 1.807) is 18.2 Å². The Bertz CT molecular complexity index is 794. The largest absolute Gasteiger partial charge is 0.454 e. The Kier molecular flexibility index (Phi) is 4.53. The predicted octanol–water partition coefficient (Wildman–Crippen LogP) is 3.02. The zero-order valence-electron chi connectivity index (χ0n) is 15.1. The van der Waals surface area contributed by atoms with E-state index in [1.165, 1.54) is 0 Å². The molecule has 138 valence electrons. The molecule has 0 unspecified atom stereocenters. The van der Waals surface area contributed by atoms with Gasteiger partial charge < -0.3 is 18.9 Å². The van der Waals surface area contributed by atoms with Crippen molar-refractivity contribution in [3.8, 4) is 11.5 Å². The van der Waals surface area contributed by atoms with Gasteiger partial charge in [-0.2, -0.15) is 4.98 Å². The fraction of sp³-hybridized carbons (Fsp3) is 0.526. The highest BCUT2D eigenvalue weighted by Crippen LogP contribution is 2.33. The van der Waals surface area contributed by atoms with Crippen molar-refractivity contribution in [1.82, 2.24) is 15.0 Å². The summed E-state index contributed by atoms with van der Waals surface area (Å²) >= 11 is 0. The number of aromatic nitrogens is 2. The van der Waals surface area contributed by atoms with E-state index in [0.29, 0.717) is 28.9 Å². The first-order chi connectivity index (χ1) is 12.6. The molecule has 1 saturated heterocycles. The van der Waals surface area contributed by atoms with Crippen LogP contribution in [0, 0.1) is 5.92 Å². The molecule has 7 heteroatoms. The number of hydrogen-bond acceptors (Lipinski definition) is 6. The van der Waals surface area contributed by atoms with Crippen molar-refractivity contribution < 1.29 is 18.8 Å². The molecule has 0 saturated carbocycles. The lowest BCUT2D eigenvalue weighted by atomic mass is 9.93. The van der Waals surface area contributed by atoms with E-state index in [1.807, 2.05) is 4.90 Å². The van der Waals surface area contributed by atoms with Gasteiger partial charge in [-0.25, -0.2) is 0 Å². The zero-order valence-corrected chi connectivity index (χ0v) is 15.1. The van der Waals surface area contributed by atoms with Gasteiger partial charge in [0.15, 0.2) is 17.3 Å². The van der Waals surface area contributed by atoms with Crippen molar-refractivity contribution >= 4 is 5.91 Å². The van der Waals surface area contributed by atoms with Crippen molar-refractivity contribution in [2.45, 2.75) is 39.0 Å². The molecular weight excluding hydrogens is 334 g/mol. The molecule has 1 aromatic carbocycles. The summed E-state index contributed by atoms with van der Waals surface area (Å²) in [6.07, 6.45) is 2.66. The number of carbonyl (C=O) groups is 1. The first-order valence-electron chi connectivity index (χ1n) is 9.11. The summed E-state index contributed by atoms with van der Waals surface area (Å²) in [5, 5.41) is 4.02. The molecule has 0 bridgehead atoms. The third-order valence-corrected chi connectivity index (χ3v) is 4.98. The molecule has 0 spiro atoms. The highest BCUT2D eigenvalue weighted by molar-refractivity contribution is 5.95. The van der Waals surface area contributed by atoms with Gasteiger partial charge >= 0.3 is 0 Å². The summed E-state index contributed by atoms with van der Waals surface area (Å²) in [7, 11) is 0. The van der Waals surface area contributed by atoms with Gasteiger partial charge in [-0.1, -0.05) is 19.0 Å². The standard InChI is InChI=1S/C19H23N3O4/c1-12(2)18-20-17(26-21-18)9-13-5-7-22(8-6-13)19(23)14-3-4-15-16(10-14)25-11-24-15/h3-4,10,12-13H,5-9,11H2,1-2H3. The number of fused-ring (bicyclic) bond motifs is 1. The fourth-order valence-electron chi connectivity index (χ4n) is 3.38. The number of ether oxygens (including phenoxy) is 2. The number of benzene rings is 1. The van der Waals surface area contributed by atoms with Gasteiger partial charge in [0.05, 0.1) is 0 Å². The molecule has 1 amide bonds. The Morgan fingerprint density at radius 2 is 2.00 bits per heavy atom. The summed E-state index contributed by atoms with van der Waals surface area (Å²) in [5.74, 6) is 3.58. The molecule has 0 N–H and O–H groups in total. The highest BCUT2D eigenvalue weighted by atomic mass is 16.7. The van der Waals surface area contributed by atoms with Gasteiger partial charge in [0.25, 0.3) is 5.91 Å². The third-order valence-electron chi connectivity index (χ3n) is 4.98. The average molecular weight is 357 g/mol. The van der Waals surface area contributed by atoms with Crippen molar-refractivity contribution in [2.75, 3.05) is 19.9 Å². The molecule has 26 heavy (non-hydrogen) atoms. The lowest BCUT2D eigenvalue weighted by Gasteiger charge is -2.31. The number of likely N-dealkylation sites (tertiary alicyclic amines) is 1. The molecule has 2 aliphatic heterocycles. The van der Waals surface area contributed by atoms with Gasteiger partial charge in [-0.3, -0.25) is 4.79 Å². The minimum absolute atomic E-state index is 0.0432. The minimum atomic E-state index is 0.0432. The molecule has 7 nitrogen and oxygen atoms in total. The second-order valence-corrected chi connectivity index (χ2v) is 7.21. The minimum Gasteiger partial charge on any atom is -0.454 e. The molecular formula is C19H23N3O4. The smallest absolute Gasteiger partial charge is 0.253 e. The predicted molar refractivity (Wildman–Crippen MR) is 93.3 cm³/mol. The van der Waals surface area contributed by atoms with E-state index in [0.717, 1.165) is 38.2 Å². The number of piperidine rings is 1. The summed E-state index contributed by atoms with van der Waals surface area (Å²) in [6.45, 7) is 5.79. The van der Waals surface area contributed by atoms with Crippen molar-refractivity contribution in [1.29, 1.82) is 0 Å². The van der Waals surface area contributed by atoms with Crippen LogP contribution in [0.25, 0.3) is 0 Å². The Morgan fingerprint density at radius 1 is 1.23 bits per heavy atom. The first kappa shape index (κ1) is 16.9. The van der Waals surface area contributed by atoms with E-state index in [4.69, 9.17) is 14.0 Å². The van der Waals surface area contributed by atoms with Crippen LogP contribution in [0.2, 0.25) is 0 Å². The Morgan fingerprint density at radius 3 is 2.73 bits per heavy atom. The van der Waals surface area contributed by atoms with Crippen LogP contribution in [-0.4, -0.2) is 40.8 Å². The molecule has 0 atom stereocenters. The van der Waals surface area contributed by atoms with Crippen LogP contribution in [0.5, 0.6) is 11.5 Å². The SMILES string of the molecule is CC(C)c1noc(CC2CCN(C(=O)c3ccc4c(c3)OCO4)CC2)n1.